The number of urea groups is 1. The molecule has 3 aromatic rings. The van der Waals surface area contributed by atoms with Gasteiger partial charge >= 0.3 is 18.1 Å². The predicted molar refractivity (Wildman–Crippen MR) is 119 cm³/mol. The molecular formula is C23H22F3N5O4. The molecule has 184 valence electrons. The van der Waals surface area contributed by atoms with Crippen LogP contribution in [0.15, 0.2) is 53.1 Å². The van der Waals surface area contributed by atoms with E-state index in [0.29, 0.717) is 23.4 Å². The molecule has 4 rings (SSSR count). The number of piperidine rings is 1. The van der Waals surface area contributed by atoms with Gasteiger partial charge in [-0.2, -0.15) is 18.2 Å². The zero-order valence-electron chi connectivity index (χ0n) is 18.4. The van der Waals surface area contributed by atoms with Gasteiger partial charge in [0.1, 0.15) is 5.75 Å². The van der Waals surface area contributed by atoms with Crippen LogP contribution in [0.3, 0.4) is 0 Å². The second kappa shape index (κ2) is 10.0. The van der Waals surface area contributed by atoms with Crippen LogP contribution in [0.1, 0.15) is 35.5 Å². The fraction of sp³-hybridized carbons (Fsp3) is 0.304. The van der Waals surface area contributed by atoms with Gasteiger partial charge in [-0.15, -0.1) is 0 Å². The fourth-order valence-corrected chi connectivity index (χ4v) is 3.76. The summed E-state index contributed by atoms with van der Waals surface area (Å²) in [5, 5.41) is 18.3. The first-order valence-corrected chi connectivity index (χ1v) is 10.9. The zero-order chi connectivity index (χ0) is 25.0. The number of phenolic OH excluding ortho intramolecular Hbond substituents is 1. The molecule has 35 heavy (non-hydrogen) atoms. The summed E-state index contributed by atoms with van der Waals surface area (Å²) in [5.41, 5.74) is 1.14. The normalized spacial score (nSPS) is 16.1. The minimum Gasteiger partial charge on any atom is -0.508 e. The first-order chi connectivity index (χ1) is 16.7. The Balaban J connectivity index is 1.36. The van der Waals surface area contributed by atoms with Crippen LogP contribution in [0.2, 0.25) is 0 Å². The van der Waals surface area contributed by atoms with E-state index in [9.17, 15) is 27.9 Å². The van der Waals surface area contributed by atoms with Gasteiger partial charge in [-0.3, -0.25) is 4.79 Å². The van der Waals surface area contributed by atoms with Crippen molar-refractivity contribution in [3.05, 3.63) is 60.0 Å². The lowest BCUT2D eigenvalue weighted by atomic mass is 10.0. The first-order valence-electron chi connectivity index (χ1n) is 10.9. The number of hydrogen-bond acceptors (Lipinski definition) is 6. The number of aromatic hydroxyl groups is 1. The van der Waals surface area contributed by atoms with Crippen LogP contribution in [-0.2, 0) is 6.18 Å². The molecule has 1 unspecified atom stereocenters. The number of likely N-dealkylation sites (tertiary alicyclic amines) is 1. The predicted octanol–water partition coefficient (Wildman–Crippen LogP) is 4.28. The number of hydrogen-bond donors (Lipinski definition) is 3. The number of rotatable bonds is 5. The summed E-state index contributed by atoms with van der Waals surface area (Å²) in [6, 6.07) is 11.3. The highest BCUT2D eigenvalue weighted by atomic mass is 19.4. The van der Waals surface area contributed by atoms with Crippen molar-refractivity contribution in [3.8, 4) is 17.1 Å². The van der Waals surface area contributed by atoms with Crippen LogP contribution in [0.25, 0.3) is 11.4 Å². The van der Waals surface area contributed by atoms with Gasteiger partial charge in [0.2, 0.25) is 5.82 Å². The van der Waals surface area contributed by atoms with Crippen molar-refractivity contribution in [2.45, 2.75) is 31.5 Å². The van der Waals surface area contributed by atoms with Crippen LogP contribution in [0.4, 0.5) is 23.7 Å². The average Bonchev–Trinajstić information content (AvgIpc) is 3.35. The highest BCUT2D eigenvalue weighted by molar-refractivity contribution is 5.94. The van der Waals surface area contributed by atoms with E-state index in [1.54, 1.807) is 4.90 Å². The Labute approximate surface area is 197 Å². The van der Waals surface area contributed by atoms with E-state index >= 15 is 0 Å². The summed E-state index contributed by atoms with van der Waals surface area (Å²) in [6.45, 7) is 0.790. The second-order valence-electron chi connectivity index (χ2n) is 8.03. The maximum absolute atomic E-state index is 12.9. The molecule has 2 aromatic carbocycles. The van der Waals surface area contributed by atoms with Crippen molar-refractivity contribution >= 4 is 17.6 Å². The van der Waals surface area contributed by atoms with Gasteiger partial charge in [-0.1, -0.05) is 5.16 Å². The van der Waals surface area contributed by atoms with Gasteiger partial charge in [0.05, 0.1) is 6.04 Å². The van der Waals surface area contributed by atoms with E-state index in [1.807, 2.05) is 0 Å². The monoisotopic (exact) mass is 489 g/mol. The van der Waals surface area contributed by atoms with E-state index < -0.39 is 12.1 Å². The molecule has 0 spiro atoms. The second-order valence-corrected chi connectivity index (χ2v) is 8.03. The minimum atomic E-state index is -4.73. The number of benzene rings is 2. The number of aromatic nitrogens is 2. The van der Waals surface area contributed by atoms with E-state index in [0.717, 1.165) is 19.3 Å². The van der Waals surface area contributed by atoms with Crippen molar-refractivity contribution in [2.24, 2.45) is 0 Å². The summed E-state index contributed by atoms with van der Waals surface area (Å²) in [4.78, 5) is 30.3. The molecule has 1 atom stereocenters. The van der Waals surface area contributed by atoms with Gasteiger partial charge in [-0.25, -0.2) is 4.79 Å². The highest BCUT2D eigenvalue weighted by Gasteiger charge is 2.38. The van der Waals surface area contributed by atoms with Crippen LogP contribution >= 0.6 is 0 Å². The third kappa shape index (κ3) is 5.89. The average molecular weight is 489 g/mol. The Morgan fingerprint density at radius 2 is 1.80 bits per heavy atom. The Morgan fingerprint density at radius 3 is 2.46 bits per heavy atom. The van der Waals surface area contributed by atoms with Crippen molar-refractivity contribution < 1.29 is 32.4 Å². The summed E-state index contributed by atoms with van der Waals surface area (Å²) in [5.74, 6) is -1.89. The molecule has 3 N–H and O–H groups in total. The smallest absolute Gasteiger partial charge is 0.471 e. The number of halogens is 3. The molecule has 0 aliphatic carbocycles. The lowest BCUT2D eigenvalue weighted by Crippen LogP contribution is -2.50. The molecule has 0 saturated carbocycles. The number of nitrogens with zero attached hydrogens (tertiary/aromatic N) is 3. The van der Waals surface area contributed by atoms with Crippen LogP contribution in [-0.4, -0.2) is 51.2 Å². The molecule has 1 fully saturated rings. The zero-order valence-corrected chi connectivity index (χ0v) is 18.4. The van der Waals surface area contributed by atoms with E-state index in [-0.39, 0.29) is 36.1 Å². The molecule has 2 heterocycles. The molecule has 1 aromatic heterocycles. The van der Waals surface area contributed by atoms with Crippen LogP contribution in [0, 0.1) is 0 Å². The number of carbonyl (C=O) groups excluding carboxylic acids is 2. The minimum absolute atomic E-state index is 0.0630. The van der Waals surface area contributed by atoms with Crippen molar-refractivity contribution in [3.63, 3.8) is 0 Å². The standard InChI is InChI=1S/C23H22F3N5O4/c24-23(25,26)21-29-19(30-35-21)14-4-8-16(9-5-14)28-22(34)31-12-2-1-3-17(31)13-27-20(33)15-6-10-18(32)11-7-15/h4-11,17,32H,1-3,12-13H2,(H,27,33)(H,28,34). The summed E-state index contributed by atoms with van der Waals surface area (Å²) >= 11 is 0. The van der Waals surface area contributed by atoms with Gasteiger partial charge in [0, 0.05) is 29.9 Å². The SMILES string of the molecule is O=C(NCC1CCCCN1C(=O)Nc1ccc(-c2noc(C(F)(F)F)n2)cc1)c1ccc(O)cc1. The molecular weight excluding hydrogens is 467 g/mol. The third-order valence-electron chi connectivity index (χ3n) is 5.58. The van der Waals surface area contributed by atoms with Gasteiger partial charge in [-0.05, 0) is 67.8 Å². The number of nitrogens with one attached hydrogen (secondary N) is 2. The molecule has 12 heteroatoms. The van der Waals surface area contributed by atoms with Crippen LogP contribution < -0.4 is 10.6 Å². The van der Waals surface area contributed by atoms with E-state index in [2.05, 4.69) is 25.3 Å². The number of anilines is 1. The molecule has 1 aliphatic rings. The number of phenols is 1. The molecule has 0 radical (unpaired) electrons. The lowest BCUT2D eigenvalue weighted by molar-refractivity contribution is -0.159. The Bertz CT molecular complexity index is 1180. The maximum atomic E-state index is 12.9. The number of alkyl halides is 3. The molecule has 0 bridgehead atoms. The number of amides is 3. The fourth-order valence-electron chi connectivity index (χ4n) is 3.76. The topological polar surface area (TPSA) is 121 Å². The lowest BCUT2D eigenvalue weighted by Gasteiger charge is -2.35. The molecule has 1 aliphatic heterocycles. The Morgan fingerprint density at radius 1 is 1.09 bits per heavy atom. The van der Waals surface area contributed by atoms with Gasteiger partial charge in [0.25, 0.3) is 5.91 Å². The van der Waals surface area contributed by atoms with Crippen LogP contribution in [0.5, 0.6) is 5.75 Å². The van der Waals surface area contributed by atoms with Crippen molar-refractivity contribution in [1.29, 1.82) is 0 Å². The quantitative estimate of drug-likeness (QED) is 0.492. The molecule has 9 nitrogen and oxygen atoms in total. The van der Waals surface area contributed by atoms with Crippen molar-refractivity contribution in [2.75, 3.05) is 18.4 Å². The molecule has 3 amide bonds. The highest BCUT2D eigenvalue weighted by Crippen LogP contribution is 2.29. The van der Waals surface area contributed by atoms with Gasteiger partial charge < -0.3 is 25.2 Å². The largest absolute Gasteiger partial charge is 0.508 e. The number of carbonyl (C=O) groups is 2. The maximum Gasteiger partial charge on any atom is 0.471 e. The Hall–Kier alpha value is -4.09. The first kappa shape index (κ1) is 24.0. The summed E-state index contributed by atoms with van der Waals surface area (Å²) in [6.07, 6.45) is -2.26. The molecule has 1 saturated heterocycles. The van der Waals surface area contributed by atoms with E-state index in [1.165, 1.54) is 48.5 Å². The van der Waals surface area contributed by atoms with Gasteiger partial charge in [0.15, 0.2) is 0 Å². The summed E-state index contributed by atoms with van der Waals surface area (Å²) < 4.78 is 42.2. The third-order valence-corrected chi connectivity index (χ3v) is 5.58. The summed E-state index contributed by atoms with van der Waals surface area (Å²) in [7, 11) is 0. The van der Waals surface area contributed by atoms with Crippen molar-refractivity contribution in [1.82, 2.24) is 20.4 Å². The van der Waals surface area contributed by atoms with E-state index in [4.69, 9.17) is 0 Å². The Kier molecular flexibility index (Phi) is 6.90.